The van der Waals surface area contributed by atoms with Gasteiger partial charge in [0.25, 0.3) is 5.69 Å². The number of para-hydroxylation sites is 1. The summed E-state index contributed by atoms with van der Waals surface area (Å²) in [6.45, 7) is 0. The third kappa shape index (κ3) is 3.00. The maximum atomic E-state index is 10.8. The van der Waals surface area contributed by atoms with Crippen molar-refractivity contribution in [2.45, 2.75) is 0 Å². The third-order valence-corrected chi connectivity index (χ3v) is 4.00. The van der Waals surface area contributed by atoms with Crippen molar-refractivity contribution in [1.82, 2.24) is 0 Å². The minimum atomic E-state index is -0.533. The van der Waals surface area contributed by atoms with Gasteiger partial charge in [-0.15, -0.1) is 0 Å². The van der Waals surface area contributed by atoms with Gasteiger partial charge in [-0.1, -0.05) is 35.3 Å². The standard InChI is InChI=1S/C12H6BrCl2NO3/c13-11-8(16(17)18)5-6-10(12(11)15)19-9-4-2-1-3-7(9)14/h1-6H. The van der Waals surface area contributed by atoms with Crippen molar-refractivity contribution >= 4 is 44.8 Å². The van der Waals surface area contributed by atoms with Crippen LogP contribution in [0.15, 0.2) is 40.9 Å². The Morgan fingerprint density at radius 1 is 1.11 bits per heavy atom. The highest BCUT2D eigenvalue weighted by molar-refractivity contribution is 9.10. The summed E-state index contributed by atoms with van der Waals surface area (Å²) in [6.07, 6.45) is 0. The van der Waals surface area contributed by atoms with E-state index in [2.05, 4.69) is 15.9 Å². The van der Waals surface area contributed by atoms with Gasteiger partial charge in [0.1, 0.15) is 21.0 Å². The molecule has 0 radical (unpaired) electrons. The van der Waals surface area contributed by atoms with Crippen molar-refractivity contribution in [1.29, 1.82) is 0 Å². The number of hydrogen-bond donors (Lipinski definition) is 0. The van der Waals surface area contributed by atoms with Gasteiger partial charge in [0.05, 0.1) is 9.95 Å². The predicted molar refractivity (Wildman–Crippen MR) is 77.3 cm³/mol. The molecule has 0 bridgehead atoms. The zero-order chi connectivity index (χ0) is 14.0. The van der Waals surface area contributed by atoms with E-state index in [-0.39, 0.29) is 20.9 Å². The van der Waals surface area contributed by atoms with Crippen LogP contribution in [0, 0.1) is 10.1 Å². The summed E-state index contributed by atoms with van der Waals surface area (Å²) in [5, 5.41) is 11.3. The smallest absolute Gasteiger partial charge is 0.285 e. The van der Waals surface area contributed by atoms with Crippen LogP contribution in [-0.2, 0) is 0 Å². The van der Waals surface area contributed by atoms with Gasteiger partial charge in [0.15, 0.2) is 0 Å². The molecule has 0 amide bonds. The van der Waals surface area contributed by atoms with Gasteiger partial charge in [-0.25, -0.2) is 0 Å². The van der Waals surface area contributed by atoms with Crippen LogP contribution in [0.25, 0.3) is 0 Å². The molecule has 0 aliphatic carbocycles. The highest BCUT2D eigenvalue weighted by Crippen LogP contribution is 2.41. The first-order valence-corrected chi connectivity index (χ1v) is 6.60. The second-order valence-electron chi connectivity index (χ2n) is 3.50. The van der Waals surface area contributed by atoms with Crippen LogP contribution in [-0.4, -0.2) is 4.92 Å². The summed E-state index contributed by atoms with van der Waals surface area (Å²) in [4.78, 5) is 10.2. The largest absolute Gasteiger partial charge is 0.454 e. The van der Waals surface area contributed by atoms with Gasteiger partial charge in [0, 0.05) is 6.07 Å². The normalized spacial score (nSPS) is 10.3. The maximum absolute atomic E-state index is 10.8. The Balaban J connectivity index is 2.40. The van der Waals surface area contributed by atoms with Crippen molar-refractivity contribution in [3.05, 3.63) is 61.0 Å². The maximum Gasteiger partial charge on any atom is 0.285 e. The summed E-state index contributed by atoms with van der Waals surface area (Å²) in [5.41, 5.74) is -0.128. The highest BCUT2D eigenvalue weighted by Gasteiger charge is 2.19. The zero-order valence-electron chi connectivity index (χ0n) is 9.27. The molecule has 2 aromatic rings. The average molecular weight is 363 g/mol. The SMILES string of the molecule is O=[N+]([O-])c1ccc(Oc2ccccc2Cl)c(Cl)c1Br. The molecule has 0 aromatic heterocycles. The lowest BCUT2D eigenvalue weighted by atomic mass is 10.3. The summed E-state index contributed by atoms with van der Waals surface area (Å²) < 4.78 is 5.71. The van der Waals surface area contributed by atoms with Crippen LogP contribution in [0.3, 0.4) is 0 Å². The molecule has 0 spiro atoms. The van der Waals surface area contributed by atoms with Crippen LogP contribution in [0.5, 0.6) is 11.5 Å². The van der Waals surface area contributed by atoms with Gasteiger partial charge in [-0.05, 0) is 34.1 Å². The Labute approximate surface area is 127 Å². The molecule has 0 saturated heterocycles. The van der Waals surface area contributed by atoms with Crippen molar-refractivity contribution in [2.75, 3.05) is 0 Å². The van der Waals surface area contributed by atoms with Crippen LogP contribution >= 0.6 is 39.1 Å². The average Bonchev–Trinajstić information content (AvgIpc) is 2.37. The number of rotatable bonds is 3. The number of halogens is 3. The number of benzene rings is 2. The molecule has 0 aliphatic heterocycles. The molecule has 0 unspecified atom stereocenters. The van der Waals surface area contributed by atoms with Gasteiger partial charge >= 0.3 is 0 Å². The van der Waals surface area contributed by atoms with Crippen molar-refractivity contribution in [2.24, 2.45) is 0 Å². The second kappa shape index (κ2) is 5.77. The quantitative estimate of drug-likeness (QED) is 0.538. The topological polar surface area (TPSA) is 52.4 Å². The van der Waals surface area contributed by atoms with Crippen LogP contribution in [0.1, 0.15) is 0 Å². The highest BCUT2D eigenvalue weighted by atomic mass is 79.9. The van der Waals surface area contributed by atoms with Crippen LogP contribution in [0.2, 0.25) is 10.0 Å². The fourth-order valence-electron chi connectivity index (χ4n) is 1.39. The summed E-state index contributed by atoms with van der Waals surface area (Å²) >= 11 is 15.1. The fraction of sp³-hybridized carbons (Fsp3) is 0. The Morgan fingerprint density at radius 3 is 2.42 bits per heavy atom. The molecule has 0 N–H and O–H groups in total. The molecule has 4 nitrogen and oxygen atoms in total. The molecular weight excluding hydrogens is 357 g/mol. The molecule has 2 aromatic carbocycles. The molecule has 0 fully saturated rings. The van der Waals surface area contributed by atoms with E-state index < -0.39 is 4.92 Å². The van der Waals surface area contributed by atoms with Crippen LogP contribution < -0.4 is 4.74 Å². The minimum absolute atomic E-state index is 0.120. The van der Waals surface area contributed by atoms with E-state index in [4.69, 9.17) is 27.9 Å². The third-order valence-electron chi connectivity index (χ3n) is 2.28. The molecule has 0 saturated carbocycles. The number of hydrogen-bond acceptors (Lipinski definition) is 3. The van der Waals surface area contributed by atoms with Crippen molar-refractivity contribution < 1.29 is 9.66 Å². The molecule has 0 aliphatic rings. The second-order valence-corrected chi connectivity index (χ2v) is 5.08. The number of nitrogens with zero attached hydrogens (tertiary/aromatic N) is 1. The minimum Gasteiger partial charge on any atom is -0.454 e. The predicted octanol–water partition coefficient (Wildman–Crippen LogP) is 5.46. The molecule has 0 atom stereocenters. The van der Waals surface area contributed by atoms with Crippen molar-refractivity contribution in [3.8, 4) is 11.5 Å². The lowest BCUT2D eigenvalue weighted by molar-refractivity contribution is -0.385. The molecule has 2 rings (SSSR count). The fourth-order valence-corrected chi connectivity index (χ4v) is 2.23. The lowest BCUT2D eigenvalue weighted by Gasteiger charge is -2.09. The zero-order valence-corrected chi connectivity index (χ0v) is 12.4. The van der Waals surface area contributed by atoms with Crippen LogP contribution in [0.4, 0.5) is 5.69 Å². The lowest BCUT2D eigenvalue weighted by Crippen LogP contribution is -1.92. The summed E-state index contributed by atoms with van der Waals surface area (Å²) in [6, 6.07) is 9.61. The Hall–Kier alpha value is -1.30. The summed E-state index contributed by atoms with van der Waals surface area (Å²) in [5.74, 6) is 0.707. The van der Waals surface area contributed by atoms with Crippen molar-refractivity contribution in [3.63, 3.8) is 0 Å². The van der Waals surface area contributed by atoms with E-state index in [1.807, 2.05) is 0 Å². The monoisotopic (exact) mass is 361 g/mol. The van der Waals surface area contributed by atoms with E-state index in [0.717, 1.165) is 0 Å². The number of nitro benzene ring substituents is 1. The van der Waals surface area contributed by atoms with Gasteiger partial charge < -0.3 is 4.74 Å². The molecule has 7 heteroatoms. The molecule has 0 heterocycles. The number of nitro groups is 1. The molecular formula is C12H6BrCl2NO3. The van der Waals surface area contributed by atoms with E-state index in [9.17, 15) is 10.1 Å². The number of ether oxygens (including phenoxy) is 1. The first kappa shape index (κ1) is 14.1. The van der Waals surface area contributed by atoms with Gasteiger partial charge in [-0.3, -0.25) is 10.1 Å². The summed E-state index contributed by atoms with van der Waals surface area (Å²) in [7, 11) is 0. The van der Waals surface area contributed by atoms with E-state index in [1.54, 1.807) is 24.3 Å². The molecule has 19 heavy (non-hydrogen) atoms. The first-order chi connectivity index (χ1) is 9.00. The first-order valence-electron chi connectivity index (χ1n) is 5.05. The van der Waals surface area contributed by atoms with E-state index >= 15 is 0 Å². The Morgan fingerprint density at radius 2 is 1.79 bits per heavy atom. The Bertz CT molecular complexity index is 649. The van der Waals surface area contributed by atoms with Gasteiger partial charge in [-0.2, -0.15) is 0 Å². The van der Waals surface area contributed by atoms with E-state index in [1.165, 1.54) is 12.1 Å². The molecule has 98 valence electrons. The van der Waals surface area contributed by atoms with Gasteiger partial charge in [0.2, 0.25) is 0 Å². The van der Waals surface area contributed by atoms with E-state index in [0.29, 0.717) is 10.8 Å². The Kier molecular flexibility index (Phi) is 4.29.